The van der Waals surface area contributed by atoms with E-state index >= 15 is 0 Å². The van der Waals surface area contributed by atoms with Gasteiger partial charge in [-0.25, -0.2) is 0 Å². The fourth-order valence-corrected chi connectivity index (χ4v) is 1.24. The van der Waals surface area contributed by atoms with E-state index in [9.17, 15) is 0 Å². The highest BCUT2D eigenvalue weighted by molar-refractivity contribution is 4.64. The van der Waals surface area contributed by atoms with Crippen LogP contribution < -0.4 is 0 Å². The smallest absolute Gasteiger partial charge is 0.0572 e. The summed E-state index contributed by atoms with van der Waals surface area (Å²) in [4.78, 5) is 0. The summed E-state index contributed by atoms with van der Waals surface area (Å²) in [7, 11) is 0. The average Bonchev–Trinajstić information content (AvgIpc) is 1.99. The molecule has 0 N–H and O–H groups in total. The molecule has 0 unspecified atom stereocenters. The Bertz CT molecular complexity index is 70.6. The molecule has 0 spiro atoms. The van der Waals surface area contributed by atoms with E-state index in [1.807, 2.05) is 0 Å². The number of hydrogen-bond acceptors (Lipinski definition) is 1. The van der Waals surface area contributed by atoms with Crippen LogP contribution in [0.1, 0.15) is 33.1 Å². The molecule has 1 heterocycles. The van der Waals surface area contributed by atoms with E-state index in [1.165, 1.54) is 19.3 Å². The molecule has 1 aliphatic rings. The molecule has 0 radical (unpaired) electrons. The van der Waals surface area contributed by atoms with Crippen LogP contribution in [0.4, 0.5) is 0 Å². The second kappa shape index (κ2) is 3.21. The first-order valence-corrected chi connectivity index (χ1v) is 3.92. The normalized spacial score (nSPS) is 38.0. The van der Waals surface area contributed by atoms with Crippen molar-refractivity contribution in [2.24, 2.45) is 5.92 Å². The minimum absolute atomic E-state index is 0.493. The molecule has 1 heteroatoms. The van der Waals surface area contributed by atoms with Crippen LogP contribution in [-0.4, -0.2) is 12.7 Å². The third kappa shape index (κ3) is 1.98. The maximum atomic E-state index is 5.52. The van der Waals surface area contributed by atoms with Gasteiger partial charge < -0.3 is 4.74 Å². The predicted octanol–water partition coefficient (Wildman–Crippen LogP) is 2.21. The Hall–Kier alpha value is -0.0400. The van der Waals surface area contributed by atoms with Gasteiger partial charge in [0.1, 0.15) is 0 Å². The molecule has 2 atom stereocenters. The lowest BCUT2D eigenvalue weighted by Gasteiger charge is -2.15. The highest BCUT2D eigenvalue weighted by Crippen LogP contribution is 2.18. The molecule has 0 aliphatic carbocycles. The first-order chi connectivity index (χ1) is 4.30. The van der Waals surface area contributed by atoms with Crippen LogP contribution >= 0.6 is 0 Å². The van der Waals surface area contributed by atoms with Gasteiger partial charge in [0.05, 0.1) is 6.10 Å². The van der Waals surface area contributed by atoms with E-state index in [-0.39, 0.29) is 0 Å². The van der Waals surface area contributed by atoms with Gasteiger partial charge >= 0.3 is 0 Å². The molecule has 0 saturated carbocycles. The van der Waals surface area contributed by atoms with Crippen molar-refractivity contribution >= 4 is 0 Å². The second-order valence-electron chi connectivity index (χ2n) is 3.05. The lowest BCUT2D eigenvalue weighted by Crippen LogP contribution is -2.15. The molecule has 54 valence electrons. The maximum Gasteiger partial charge on any atom is 0.0572 e. The Morgan fingerprint density at radius 1 is 1.22 bits per heavy atom. The highest BCUT2D eigenvalue weighted by atomic mass is 16.5. The minimum atomic E-state index is 0.493. The monoisotopic (exact) mass is 128 g/mol. The van der Waals surface area contributed by atoms with Gasteiger partial charge in [0.15, 0.2) is 0 Å². The van der Waals surface area contributed by atoms with Gasteiger partial charge in [-0.3, -0.25) is 0 Å². The predicted molar refractivity (Wildman–Crippen MR) is 38.4 cm³/mol. The first-order valence-electron chi connectivity index (χ1n) is 3.92. The van der Waals surface area contributed by atoms with Crippen LogP contribution in [-0.2, 0) is 4.74 Å². The lowest BCUT2D eigenvalue weighted by molar-refractivity contribution is 0.0442. The second-order valence-corrected chi connectivity index (χ2v) is 3.05. The van der Waals surface area contributed by atoms with E-state index in [1.54, 1.807) is 0 Å². The van der Waals surface area contributed by atoms with Crippen LogP contribution in [0.3, 0.4) is 0 Å². The summed E-state index contributed by atoms with van der Waals surface area (Å²) in [6.45, 7) is 5.43. The van der Waals surface area contributed by atoms with Crippen LogP contribution in [0.5, 0.6) is 0 Å². The van der Waals surface area contributed by atoms with E-state index in [0.29, 0.717) is 6.10 Å². The third-order valence-electron chi connectivity index (χ3n) is 2.24. The summed E-state index contributed by atoms with van der Waals surface area (Å²) in [5.41, 5.74) is 0. The Balaban J connectivity index is 2.32. The molecule has 1 rings (SSSR count). The summed E-state index contributed by atoms with van der Waals surface area (Å²) in [6, 6.07) is 0. The van der Waals surface area contributed by atoms with Crippen LogP contribution in [0.25, 0.3) is 0 Å². The Kier molecular flexibility index (Phi) is 2.52. The summed E-state index contributed by atoms with van der Waals surface area (Å²) in [5.74, 6) is 0.771. The fraction of sp³-hybridized carbons (Fsp3) is 1.00. The zero-order valence-corrected chi connectivity index (χ0v) is 6.39. The topological polar surface area (TPSA) is 9.23 Å². The first kappa shape index (κ1) is 7.07. The summed E-state index contributed by atoms with van der Waals surface area (Å²) < 4.78 is 5.52. The molecule has 0 bridgehead atoms. The van der Waals surface area contributed by atoms with Crippen molar-refractivity contribution in [3.63, 3.8) is 0 Å². The van der Waals surface area contributed by atoms with Gasteiger partial charge in [0.25, 0.3) is 0 Å². The molecule has 1 saturated heterocycles. The maximum absolute atomic E-state index is 5.52. The van der Waals surface area contributed by atoms with Crippen molar-refractivity contribution < 1.29 is 4.74 Å². The number of hydrogen-bond donors (Lipinski definition) is 0. The third-order valence-corrected chi connectivity index (χ3v) is 2.24. The van der Waals surface area contributed by atoms with Gasteiger partial charge in [-0.1, -0.05) is 13.3 Å². The van der Waals surface area contributed by atoms with Gasteiger partial charge in [0, 0.05) is 6.61 Å². The fourth-order valence-electron chi connectivity index (χ4n) is 1.24. The molecule has 1 aliphatic heterocycles. The van der Waals surface area contributed by atoms with Gasteiger partial charge in [-0.2, -0.15) is 0 Å². The van der Waals surface area contributed by atoms with Gasteiger partial charge in [-0.05, 0) is 25.7 Å². The van der Waals surface area contributed by atoms with Gasteiger partial charge in [-0.15, -0.1) is 0 Å². The summed E-state index contributed by atoms with van der Waals surface area (Å²) in [6.07, 6.45) is 4.45. The quantitative estimate of drug-likeness (QED) is 0.486. The molecule has 9 heavy (non-hydrogen) atoms. The van der Waals surface area contributed by atoms with E-state index in [0.717, 1.165) is 12.5 Å². The van der Waals surface area contributed by atoms with Crippen molar-refractivity contribution in [2.75, 3.05) is 6.61 Å². The summed E-state index contributed by atoms with van der Waals surface area (Å²) in [5, 5.41) is 0. The molecule has 1 nitrogen and oxygen atoms in total. The van der Waals surface area contributed by atoms with Crippen molar-refractivity contribution in [3.8, 4) is 0 Å². The van der Waals surface area contributed by atoms with Crippen molar-refractivity contribution in [1.82, 2.24) is 0 Å². The van der Waals surface area contributed by atoms with E-state index < -0.39 is 0 Å². The highest BCUT2D eigenvalue weighted by Gasteiger charge is 2.14. The standard InChI is InChI=1S/C8H16O/c1-7-5-3-4-6-9-8(7)2/h7-8H,3-6H2,1-2H3/t7-,8+/m1/s1. The van der Waals surface area contributed by atoms with E-state index in [2.05, 4.69) is 13.8 Å². The zero-order chi connectivity index (χ0) is 6.69. The van der Waals surface area contributed by atoms with E-state index in [4.69, 9.17) is 4.74 Å². The Morgan fingerprint density at radius 3 is 2.78 bits per heavy atom. The molecule has 0 aromatic rings. The Labute approximate surface area is 57.4 Å². The zero-order valence-electron chi connectivity index (χ0n) is 6.39. The molecule has 0 aromatic carbocycles. The number of rotatable bonds is 0. The van der Waals surface area contributed by atoms with Crippen molar-refractivity contribution in [3.05, 3.63) is 0 Å². The SMILES string of the molecule is C[C@@H]1CCCCO[C@H]1C. The van der Waals surface area contributed by atoms with Crippen molar-refractivity contribution in [1.29, 1.82) is 0 Å². The Morgan fingerprint density at radius 2 is 2.00 bits per heavy atom. The molecular formula is C8H16O. The lowest BCUT2D eigenvalue weighted by atomic mass is 10.0. The van der Waals surface area contributed by atoms with Crippen LogP contribution in [0.15, 0.2) is 0 Å². The molecule has 0 amide bonds. The number of ether oxygens (including phenoxy) is 1. The molecule has 1 fully saturated rings. The van der Waals surface area contributed by atoms with Crippen LogP contribution in [0.2, 0.25) is 0 Å². The van der Waals surface area contributed by atoms with Crippen molar-refractivity contribution in [2.45, 2.75) is 39.2 Å². The average molecular weight is 128 g/mol. The minimum Gasteiger partial charge on any atom is -0.378 e. The molecule has 0 aromatic heterocycles. The van der Waals surface area contributed by atoms with Gasteiger partial charge in [0.2, 0.25) is 0 Å². The van der Waals surface area contributed by atoms with Crippen LogP contribution in [0, 0.1) is 5.92 Å². The largest absolute Gasteiger partial charge is 0.378 e. The molecular weight excluding hydrogens is 112 g/mol. The summed E-state index contributed by atoms with van der Waals surface area (Å²) >= 11 is 0.